The molecule has 1 unspecified atom stereocenters. The van der Waals surface area contributed by atoms with Gasteiger partial charge in [0.15, 0.2) is 0 Å². The van der Waals surface area contributed by atoms with Crippen molar-refractivity contribution in [2.45, 2.75) is 31.8 Å². The van der Waals surface area contributed by atoms with Gasteiger partial charge in [0, 0.05) is 19.1 Å². The summed E-state index contributed by atoms with van der Waals surface area (Å²) in [5, 5.41) is 9.28. The van der Waals surface area contributed by atoms with Crippen LogP contribution < -0.4 is 0 Å². The lowest BCUT2D eigenvalue weighted by Gasteiger charge is -2.31. The van der Waals surface area contributed by atoms with Crippen LogP contribution in [0.25, 0.3) is 0 Å². The van der Waals surface area contributed by atoms with Gasteiger partial charge in [-0.2, -0.15) is 0 Å². The zero-order valence-corrected chi connectivity index (χ0v) is 10.2. The minimum atomic E-state index is -2.40. The van der Waals surface area contributed by atoms with Gasteiger partial charge in [0.25, 0.3) is 0 Å². The van der Waals surface area contributed by atoms with Crippen LogP contribution in [0.5, 0.6) is 0 Å². The highest BCUT2D eigenvalue weighted by Gasteiger charge is 2.33. The summed E-state index contributed by atoms with van der Waals surface area (Å²) in [5.74, 6) is -0.858. The number of ether oxygens (including phenoxy) is 1. The van der Waals surface area contributed by atoms with Crippen LogP contribution in [-0.4, -0.2) is 24.7 Å². The molecule has 0 spiro atoms. The Balaban J connectivity index is 2.28. The molecule has 4 heteroatoms. The number of hydrogen-bond donors (Lipinski definition) is 1. The van der Waals surface area contributed by atoms with Crippen molar-refractivity contribution >= 4 is 0 Å². The number of benzene rings is 1. The van der Waals surface area contributed by atoms with E-state index in [4.69, 9.17) is 4.74 Å². The Kier molecular flexibility index (Phi) is 4.66. The Hall–Kier alpha value is -1.00. The van der Waals surface area contributed by atoms with Crippen molar-refractivity contribution < 1.29 is 18.6 Å². The van der Waals surface area contributed by atoms with Crippen molar-refractivity contribution in [1.82, 2.24) is 0 Å². The normalized spacial score (nSPS) is 19.1. The molecule has 1 aromatic rings. The summed E-state index contributed by atoms with van der Waals surface area (Å²) < 4.78 is 32.0. The fourth-order valence-corrected chi connectivity index (χ4v) is 2.67. The summed E-state index contributed by atoms with van der Waals surface area (Å²) in [4.78, 5) is 0. The van der Waals surface area contributed by atoms with Gasteiger partial charge in [0.2, 0.25) is 6.43 Å². The smallest absolute Gasteiger partial charge is 0.245 e. The maximum atomic E-state index is 13.4. The Morgan fingerprint density at radius 1 is 1.22 bits per heavy atom. The molecule has 0 aromatic heterocycles. The van der Waals surface area contributed by atoms with Crippen molar-refractivity contribution in [3.05, 3.63) is 35.4 Å². The molecule has 1 aliphatic rings. The van der Waals surface area contributed by atoms with E-state index in [0.29, 0.717) is 37.2 Å². The summed E-state index contributed by atoms with van der Waals surface area (Å²) >= 11 is 0. The fraction of sp³-hybridized carbons (Fsp3) is 0.571. The van der Waals surface area contributed by atoms with Crippen LogP contribution in [0.4, 0.5) is 8.78 Å². The second-order valence-corrected chi connectivity index (χ2v) is 4.67. The molecule has 2 rings (SSSR count). The molecule has 1 atom stereocenters. The number of rotatable bonds is 4. The molecular weight excluding hydrogens is 238 g/mol. The van der Waals surface area contributed by atoms with E-state index in [9.17, 15) is 13.9 Å². The standard InChI is InChI=1S/C14H18F2O2/c15-14(16)13(10-5-7-18-8-6-10)12-4-2-1-3-11(12)9-17/h1-4,10,13-14,17H,5-9H2. The number of aliphatic hydroxyl groups excluding tert-OH is 1. The molecule has 0 aliphatic carbocycles. The molecule has 0 amide bonds. The molecule has 1 aromatic carbocycles. The molecule has 0 saturated carbocycles. The molecule has 18 heavy (non-hydrogen) atoms. The average molecular weight is 256 g/mol. The van der Waals surface area contributed by atoms with E-state index >= 15 is 0 Å². The summed E-state index contributed by atoms with van der Waals surface area (Å²) in [6, 6.07) is 6.94. The molecule has 0 bridgehead atoms. The zero-order chi connectivity index (χ0) is 13.0. The minimum absolute atomic E-state index is 0.0635. The van der Waals surface area contributed by atoms with E-state index < -0.39 is 12.3 Å². The summed E-state index contributed by atoms with van der Waals surface area (Å²) in [5.41, 5.74) is 1.19. The van der Waals surface area contributed by atoms with Gasteiger partial charge < -0.3 is 9.84 Å². The van der Waals surface area contributed by atoms with Gasteiger partial charge in [-0.3, -0.25) is 0 Å². The highest BCUT2D eigenvalue weighted by molar-refractivity contribution is 5.31. The van der Waals surface area contributed by atoms with E-state index in [1.54, 1.807) is 24.3 Å². The van der Waals surface area contributed by atoms with E-state index in [1.165, 1.54) is 0 Å². The summed E-state index contributed by atoms with van der Waals surface area (Å²) in [7, 11) is 0. The van der Waals surface area contributed by atoms with Crippen LogP contribution in [0, 0.1) is 5.92 Å². The van der Waals surface area contributed by atoms with Crippen molar-refractivity contribution in [3.63, 3.8) is 0 Å². The van der Waals surface area contributed by atoms with Crippen molar-refractivity contribution in [3.8, 4) is 0 Å². The maximum absolute atomic E-state index is 13.4. The number of hydrogen-bond acceptors (Lipinski definition) is 2. The number of alkyl halides is 2. The number of halogens is 2. The quantitative estimate of drug-likeness (QED) is 0.897. The molecule has 1 heterocycles. The Bertz CT molecular complexity index is 376. The zero-order valence-electron chi connectivity index (χ0n) is 10.2. The van der Waals surface area contributed by atoms with Crippen LogP contribution >= 0.6 is 0 Å². The first-order chi connectivity index (χ1) is 8.74. The Labute approximate surface area is 106 Å². The van der Waals surface area contributed by atoms with E-state index in [1.807, 2.05) is 0 Å². The molecule has 0 radical (unpaired) electrons. The Morgan fingerprint density at radius 3 is 2.50 bits per heavy atom. The molecule has 2 nitrogen and oxygen atoms in total. The van der Waals surface area contributed by atoms with Gasteiger partial charge >= 0.3 is 0 Å². The SMILES string of the molecule is OCc1ccccc1C(C(F)F)C1CCOCC1. The topological polar surface area (TPSA) is 29.5 Å². The first kappa shape index (κ1) is 13.4. The third-order valence-corrected chi connectivity index (χ3v) is 3.63. The highest BCUT2D eigenvalue weighted by atomic mass is 19.3. The van der Waals surface area contributed by atoms with Gasteiger partial charge in [0.05, 0.1) is 6.61 Å². The predicted octanol–water partition coefficient (Wildman–Crippen LogP) is 2.95. The summed E-state index contributed by atoms with van der Waals surface area (Å²) in [6.45, 7) is 0.910. The van der Waals surface area contributed by atoms with Gasteiger partial charge in [-0.25, -0.2) is 8.78 Å². The molecule has 100 valence electrons. The number of aliphatic hydroxyl groups is 1. The third kappa shape index (κ3) is 2.87. The van der Waals surface area contributed by atoms with E-state index in [-0.39, 0.29) is 12.5 Å². The van der Waals surface area contributed by atoms with Gasteiger partial charge in [-0.15, -0.1) is 0 Å². The van der Waals surface area contributed by atoms with Crippen LogP contribution in [0.15, 0.2) is 24.3 Å². The summed E-state index contributed by atoms with van der Waals surface area (Å²) in [6.07, 6.45) is -1.08. The maximum Gasteiger partial charge on any atom is 0.245 e. The highest BCUT2D eigenvalue weighted by Crippen LogP contribution is 2.38. The first-order valence-electron chi connectivity index (χ1n) is 6.28. The lowest BCUT2D eigenvalue weighted by atomic mass is 9.80. The minimum Gasteiger partial charge on any atom is -0.392 e. The van der Waals surface area contributed by atoms with Gasteiger partial charge in [-0.1, -0.05) is 24.3 Å². The molecule has 1 N–H and O–H groups in total. The second-order valence-electron chi connectivity index (χ2n) is 4.67. The van der Waals surface area contributed by atoms with Crippen LogP contribution in [-0.2, 0) is 11.3 Å². The van der Waals surface area contributed by atoms with Crippen LogP contribution in [0.3, 0.4) is 0 Å². The van der Waals surface area contributed by atoms with Crippen molar-refractivity contribution in [1.29, 1.82) is 0 Å². The average Bonchev–Trinajstić information content (AvgIpc) is 2.40. The second kappa shape index (κ2) is 6.25. The Morgan fingerprint density at radius 2 is 1.89 bits per heavy atom. The fourth-order valence-electron chi connectivity index (χ4n) is 2.67. The van der Waals surface area contributed by atoms with Crippen molar-refractivity contribution in [2.24, 2.45) is 5.92 Å². The van der Waals surface area contributed by atoms with Crippen LogP contribution in [0.1, 0.15) is 29.9 Å². The molecule has 1 aliphatic heterocycles. The largest absolute Gasteiger partial charge is 0.392 e. The van der Waals surface area contributed by atoms with Crippen LogP contribution in [0.2, 0.25) is 0 Å². The predicted molar refractivity (Wildman–Crippen MR) is 64.7 cm³/mol. The lowest BCUT2D eigenvalue weighted by Crippen LogP contribution is -2.27. The van der Waals surface area contributed by atoms with Crippen molar-refractivity contribution in [2.75, 3.05) is 13.2 Å². The monoisotopic (exact) mass is 256 g/mol. The third-order valence-electron chi connectivity index (χ3n) is 3.63. The first-order valence-corrected chi connectivity index (χ1v) is 6.28. The molecule has 1 saturated heterocycles. The molecular formula is C14H18F2O2. The van der Waals surface area contributed by atoms with Gasteiger partial charge in [-0.05, 0) is 29.9 Å². The molecule has 1 fully saturated rings. The van der Waals surface area contributed by atoms with E-state index in [0.717, 1.165) is 0 Å². The van der Waals surface area contributed by atoms with Gasteiger partial charge in [0.1, 0.15) is 0 Å². The van der Waals surface area contributed by atoms with E-state index in [2.05, 4.69) is 0 Å². The lowest BCUT2D eigenvalue weighted by molar-refractivity contribution is 0.0181.